The number of rotatable bonds is 8. The Morgan fingerprint density at radius 2 is 2.00 bits per heavy atom. The van der Waals surface area contributed by atoms with Gasteiger partial charge < -0.3 is 25.1 Å². The lowest BCUT2D eigenvalue weighted by molar-refractivity contribution is 0.0384. The monoisotopic (exact) mass is 478 g/mol. The summed E-state index contributed by atoms with van der Waals surface area (Å²) < 4.78 is 11.4. The van der Waals surface area contributed by atoms with Crippen LogP contribution in [0, 0.1) is 0 Å². The molecule has 2 aromatic carbocycles. The average Bonchev–Trinajstić information content (AvgIpc) is 3.29. The van der Waals surface area contributed by atoms with Gasteiger partial charge in [0.2, 0.25) is 5.95 Å². The summed E-state index contributed by atoms with van der Waals surface area (Å²) in [4.78, 5) is 26.3. The van der Waals surface area contributed by atoms with Crippen LogP contribution in [0.15, 0.2) is 60.8 Å². The number of hydrogen-bond donors (Lipinski definition) is 3. The lowest BCUT2D eigenvalue weighted by atomic mass is 10.1. The van der Waals surface area contributed by atoms with Crippen LogP contribution >= 0.6 is 0 Å². The van der Waals surface area contributed by atoms with Crippen molar-refractivity contribution in [2.75, 3.05) is 45.2 Å². The summed E-state index contributed by atoms with van der Waals surface area (Å²) in [6.07, 6.45) is 2.54. The molecule has 5 rings (SSSR count). The molecule has 3 N–H and O–H groups in total. The summed E-state index contributed by atoms with van der Waals surface area (Å²) in [6, 6.07) is 17.4. The third kappa shape index (κ3) is 5.76. The summed E-state index contributed by atoms with van der Waals surface area (Å²) in [5.41, 5.74) is 4.23. The van der Waals surface area contributed by atoms with E-state index in [1.807, 2.05) is 24.3 Å². The topological polar surface area (TPSA) is 104 Å². The van der Waals surface area contributed by atoms with Gasteiger partial charge in [0.1, 0.15) is 17.2 Å². The van der Waals surface area contributed by atoms with E-state index in [4.69, 9.17) is 9.47 Å². The number of imidazole rings is 1. The first-order valence-electron chi connectivity index (χ1n) is 11.7. The molecule has 0 bridgehead atoms. The van der Waals surface area contributed by atoms with E-state index in [1.54, 1.807) is 25.4 Å². The van der Waals surface area contributed by atoms with E-state index < -0.39 is 0 Å². The van der Waals surface area contributed by atoms with E-state index in [0.717, 1.165) is 56.0 Å². The van der Waals surface area contributed by atoms with Gasteiger partial charge >= 0.3 is 0 Å². The molecule has 0 unspecified atom stereocenters. The largest absolute Gasteiger partial charge is 0.457 e. The van der Waals surface area contributed by atoms with Gasteiger partial charge in [0.05, 0.1) is 24.2 Å². The molecule has 35 heavy (non-hydrogen) atoms. The number of carbonyl (C=O) groups is 1. The van der Waals surface area contributed by atoms with Gasteiger partial charge in [0, 0.05) is 55.0 Å². The van der Waals surface area contributed by atoms with E-state index in [2.05, 4.69) is 48.7 Å². The van der Waals surface area contributed by atoms with Crippen molar-refractivity contribution < 1.29 is 18.5 Å². The van der Waals surface area contributed by atoms with E-state index in [-0.39, 0.29) is 10.2 Å². The van der Waals surface area contributed by atoms with Crippen LogP contribution in [0.25, 0.3) is 11.0 Å². The number of morpholine rings is 1. The lowest BCUT2D eigenvalue weighted by Gasteiger charge is -2.26. The number of fused-ring (bicyclic) bond motifs is 1. The summed E-state index contributed by atoms with van der Waals surface area (Å²) in [7, 11) is 1.57. The normalized spacial score (nSPS) is 14.1. The quantitative estimate of drug-likeness (QED) is 0.343. The van der Waals surface area contributed by atoms with Crippen molar-refractivity contribution in [1.29, 1.82) is 0 Å². The number of hydrogen-bond acceptors (Lipinski definition) is 7. The van der Waals surface area contributed by atoms with E-state index in [1.165, 1.54) is 5.56 Å². The molecule has 9 nitrogen and oxygen atoms in total. The molecule has 1 aliphatic heterocycles. The Morgan fingerprint density at radius 1 is 1.14 bits per heavy atom. The Morgan fingerprint density at radius 3 is 2.86 bits per heavy atom. The number of nitrogens with zero attached hydrogens (tertiary/aromatic N) is 3. The van der Waals surface area contributed by atoms with Crippen LogP contribution in [0.1, 0.15) is 20.3 Å². The third-order valence-electron chi connectivity index (χ3n) is 5.89. The summed E-state index contributed by atoms with van der Waals surface area (Å²) >= 11 is 0. The lowest BCUT2D eigenvalue weighted by Crippen LogP contribution is -2.37. The molecule has 4 aromatic rings. The molecule has 0 spiro atoms. The number of aromatic nitrogens is 3. The number of ether oxygens (including phenoxy) is 2. The molecular weight excluding hydrogens is 444 g/mol. The molecule has 0 radical (unpaired) electrons. The van der Waals surface area contributed by atoms with Gasteiger partial charge in [-0.05, 0) is 42.3 Å². The highest BCUT2D eigenvalue weighted by Crippen LogP contribution is 2.26. The molecule has 0 aliphatic carbocycles. The molecule has 1 saturated heterocycles. The van der Waals surface area contributed by atoms with Gasteiger partial charge in [-0.25, -0.2) is 4.98 Å². The maximum absolute atomic E-state index is 11.8. The smallest absolute Gasteiger partial charge is 0.269 e. The van der Waals surface area contributed by atoms with E-state index >= 15 is 0 Å². The zero-order valence-electron chi connectivity index (χ0n) is 19.6. The van der Waals surface area contributed by atoms with Gasteiger partial charge in [-0.15, -0.1) is 0 Å². The minimum absolute atomic E-state index is 0. The second-order valence-electron chi connectivity index (χ2n) is 8.35. The second-order valence-corrected chi connectivity index (χ2v) is 8.35. The highest BCUT2D eigenvalue weighted by atomic mass is 16.5. The number of amides is 1. The SMILES string of the molecule is CNC(=O)c1cc(Oc2ccc3nc(Nc4cccc(CCN5CCOCC5)c4)[nH]c3c2)ccn1.[HH].[HH].[HH]. The highest BCUT2D eigenvalue weighted by Gasteiger charge is 2.11. The minimum Gasteiger partial charge on any atom is -0.457 e. The molecule has 1 amide bonds. The number of carbonyl (C=O) groups excluding carboxylic acids is 1. The van der Waals surface area contributed by atoms with Crippen LogP contribution in [0.4, 0.5) is 11.6 Å². The Labute approximate surface area is 207 Å². The number of pyridine rings is 1. The summed E-state index contributed by atoms with van der Waals surface area (Å²) in [5, 5.41) is 5.93. The zero-order chi connectivity index (χ0) is 24.0. The van der Waals surface area contributed by atoms with Crippen LogP contribution in [-0.2, 0) is 11.2 Å². The van der Waals surface area contributed by atoms with Gasteiger partial charge in [-0.3, -0.25) is 14.7 Å². The molecule has 0 atom stereocenters. The number of benzene rings is 2. The molecule has 186 valence electrons. The Hall–Kier alpha value is -3.95. The molecule has 0 saturated carbocycles. The third-order valence-corrected chi connectivity index (χ3v) is 5.89. The Kier molecular flexibility index (Phi) is 6.87. The standard InChI is InChI=1S/C26H28N6O3.3H2/c1-27-25(33)24-17-21(7-9-28-24)35-20-5-6-22-23(16-20)31-26(30-22)29-19-4-2-3-18(15-19)8-10-32-11-13-34-14-12-32;;;/h2-7,9,15-17H,8,10-14H2,1H3,(H,27,33)(H2,29,30,31);3*1H. The molecule has 2 aromatic heterocycles. The van der Waals surface area contributed by atoms with Gasteiger partial charge in [-0.1, -0.05) is 12.1 Å². The predicted molar refractivity (Wildman–Crippen MR) is 141 cm³/mol. The number of anilines is 2. The van der Waals surface area contributed by atoms with Gasteiger partial charge in [-0.2, -0.15) is 0 Å². The molecule has 3 heterocycles. The second kappa shape index (κ2) is 10.5. The fourth-order valence-corrected chi connectivity index (χ4v) is 4.03. The highest BCUT2D eigenvalue weighted by molar-refractivity contribution is 5.92. The van der Waals surface area contributed by atoms with Crippen LogP contribution in [-0.4, -0.2) is 65.7 Å². The van der Waals surface area contributed by atoms with E-state index in [0.29, 0.717) is 23.1 Å². The van der Waals surface area contributed by atoms with Crippen molar-refractivity contribution in [3.05, 3.63) is 72.1 Å². The number of aromatic amines is 1. The van der Waals surface area contributed by atoms with Crippen molar-refractivity contribution in [1.82, 2.24) is 25.2 Å². The van der Waals surface area contributed by atoms with E-state index in [9.17, 15) is 4.79 Å². The molecular formula is C26H34N6O3. The first-order valence-corrected chi connectivity index (χ1v) is 11.7. The van der Waals surface area contributed by atoms with Crippen molar-refractivity contribution in [3.8, 4) is 11.5 Å². The fraction of sp³-hybridized carbons (Fsp3) is 0.269. The van der Waals surface area contributed by atoms with Gasteiger partial charge in [0.15, 0.2) is 0 Å². The first-order chi connectivity index (χ1) is 17.2. The van der Waals surface area contributed by atoms with Crippen molar-refractivity contribution >= 4 is 28.6 Å². The zero-order valence-corrected chi connectivity index (χ0v) is 19.6. The van der Waals surface area contributed by atoms with Crippen LogP contribution in [0.2, 0.25) is 0 Å². The number of nitrogens with one attached hydrogen (secondary N) is 3. The van der Waals surface area contributed by atoms with Crippen LogP contribution in [0.3, 0.4) is 0 Å². The summed E-state index contributed by atoms with van der Waals surface area (Å²) in [6.45, 7) is 4.67. The first kappa shape index (κ1) is 22.8. The van der Waals surface area contributed by atoms with Crippen molar-refractivity contribution in [2.24, 2.45) is 0 Å². The van der Waals surface area contributed by atoms with Gasteiger partial charge in [0.25, 0.3) is 5.91 Å². The summed E-state index contributed by atoms with van der Waals surface area (Å²) in [5.74, 6) is 1.56. The molecule has 1 aliphatic rings. The Bertz CT molecular complexity index is 1330. The van der Waals surface area contributed by atoms with Crippen LogP contribution in [0.5, 0.6) is 11.5 Å². The van der Waals surface area contributed by atoms with Crippen LogP contribution < -0.4 is 15.4 Å². The van der Waals surface area contributed by atoms with Crippen molar-refractivity contribution in [2.45, 2.75) is 6.42 Å². The Balaban J connectivity index is 0.00000169. The average molecular weight is 479 g/mol. The number of H-pyrrole nitrogens is 1. The molecule has 1 fully saturated rings. The maximum Gasteiger partial charge on any atom is 0.269 e. The maximum atomic E-state index is 11.8. The fourth-order valence-electron chi connectivity index (χ4n) is 4.03. The molecule has 9 heteroatoms. The predicted octanol–water partition coefficient (Wildman–Crippen LogP) is 4.47. The van der Waals surface area contributed by atoms with Crippen molar-refractivity contribution in [3.63, 3.8) is 0 Å². The minimum atomic E-state index is -0.264.